The van der Waals surface area contributed by atoms with Gasteiger partial charge in [-0.05, 0) is 91.3 Å². The molecule has 2 unspecified atom stereocenters. The fraction of sp³-hybridized carbons (Fsp3) is 0.266. The van der Waals surface area contributed by atoms with Crippen molar-refractivity contribution < 1.29 is 143 Å². The largest absolute Gasteiger partial charge is 0.510 e. The fourth-order valence-corrected chi connectivity index (χ4v) is 22.8. The zero-order valence-corrected chi connectivity index (χ0v) is 74.9. The molecule has 140 heavy (non-hydrogen) atoms. The first-order valence-corrected chi connectivity index (χ1v) is 45.0. The molecule has 3 saturated heterocycles. The van der Waals surface area contributed by atoms with Crippen LogP contribution >= 0.6 is 34.0 Å². The summed E-state index contributed by atoms with van der Waals surface area (Å²) in [5.41, 5.74) is 0.248. The summed E-state index contributed by atoms with van der Waals surface area (Å²) in [6.45, 7) is -1.49. The molecule has 3 amide bonds. The average molecular weight is 2000 g/mol. The van der Waals surface area contributed by atoms with Gasteiger partial charge in [0.05, 0.1) is 84.7 Å². The Bertz CT molecular complexity index is 7070. The normalized spacial score (nSPS) is 18.9. The molecule has 6 aromatic heterocycles. The fourth-order valence-electron chi connectivity index (χ4n) is 19.5. The number of hydrogen-bond acceptors (Lipinski definition) is 27. The van der Waals surface area contributed by atoms with Crippen molar-refractivity contribution in [3.63, 3.8) is 0 Å². The van der Waals surface area contributed by atoms with Crippen molar-refractivity contribution in [2.24, 2.45) is 0 Å². The third-order valence-electron chi connectivity index (χ3n) is 25.2. The number of fused-ring (bicyclic) bond motifs is 18. The SMILES string of the molecule is COC(=O)OCOc1c2n(ccc1=O)N(C1c3ccccc3-c3sc(C(F)(F)F)cc3-c3c1ccc(F)c3F)C1COCCN1C2=O.COC(=O)OCOc1c2n(ccc1=O)N([C@@H]1c3ccccc3-c3sc(C(F)(F)F)cc3-c3c1ccc(F)c3F)[C@@H]1COCCN1C2=O.COC(=O)OCOc1c2n(ccc1=O)N([C@@H]1c3ccccc3-c3scc4c3-c3c1ccc(F)c3C(F)(F)C4)[C@@H]1COCCN1C2=O. The van der Waals surface area contributed by atoms with Gasteiger partial charge in [-0.3, -0.25) is 57.8 Å². The van der Waals surface area contributed by atoms with Crippen molar-refractivity contribution in [3.05, 3.63) is 295 Å². The molecule has 3 fully saturated rings. The molecule has 724 valence electrons. The molecule has 0 bridgehead atoms. The van der Waals surface area contributed by atoms with Gasteiger partial charge in [-0.2, -0.15) is 26.3 Å². The van der Waals surface area contributed by atoms with Crippen molar-refractivity contribution in [2.75, 3.05) is 116 Å². The van der Waals surface area contributed by atoms with Crippen LogP contribution in [-0.4, -0.2) is 184 Å². The van der Waals surface area contributed by atoms with Gasteiger partial charge in [0.2, 0.25) is 53.9 Å². The number of morpholine rings is 3. The van der Waals surface area contributed by atoms with Crippen LogP contribution < -0.4 is 45.5 Å². The molecule has 6 aromatic carbocycles. The van der Waals surface area contributed by atoms with E-state index in [1.807, 2.05) is 24.3 Å². The standard InChI is InChI=1S/C32H24F3N3O7S.2C31H22F5N3O7S/c1-42-31(41)45-15-44-28-21(39)8-9-37-27(28)30(40)36-10-11-43-13-22(36)38(37)26-17-4-2-3-5-18(17)29-23-16(14-46-29)12-32(34,35)25-20(33)7-6-19(26)24(23)25;2*1-43-30(42)46-14-45-27-20(40)8-9-38-26(27)29(41)37-10-11-44-13-22(37)39(38)25-15-4-2-3-5-16(15)28-18(12-21(47-28)31(34,35)36)23-17(25)6-7-19(32)24(23)33/h2-9,14,22,26H,10-13,15H2,1H3;2*2-9,12,22,25H,10-11,13-14H2,1H3/t22-,26-;22-,25-;/m11./s1. The molecule has 12 heterocycles. The number of ether oxygens (including phenoxy) is 12. The van der Waals surface area contributed by atoms with Gasteiger partial charge < -0.3 is 71.5 Å². The van der Waals surface area contributed by atoms with E-state index in [4.69, 9.17) is 42.6 Å². The van der Waals surface area contributed by atoms with Gasteiger partial charge in [-0.1, -0.05) is 91.0 Å². The Morgan fingerprint density at radius 3 is 1.10 bits per heavy atom. The van der Waals surface area contributed by atoms with Gasteiger partial charge in [0, 0.05) is 111 Å². The van der Waals surface area contributed by atoms with Crippen LogP contribution in [0.15, 0.2) is 178 Å². The molecule has 22 rings (SSSR count). The first-order chi connectivity index (χ1) is 67.2. The number of nitrogens with zero attached hydrogens (tertiary/aromatic N) is 9. The Labute approximate surface area is 791 Å². The lowest BCUT2D eigenvalue weighted by Gasteiger charge is -2.51. The molecule has 0 saturated carbocycles. The summed E-state index contributed by atoms with van der Waals surface area (Å²) in [4.78, 5) is 119. The van der Waals surface area contributed by atoms with Gasteiger partial charge in [-0.25, -0.2) is 45.1 Å². The Kier molecular flexibility index (Phi) is 23.8. The van der Waals surface area contributed by atoms with Crippen LogP contribution in [0.5, 0.6) is 17.2 Å². The minimum Gasteiger partial charge on any atom is -0.451 e. The summed E-state index contributed by atoms with van der Waals surface area (Å²) in [5, 5.41) is 6.75. The van der Waals surface area contributed by atoms with E-state index in [1.54, 1.807) is 68.9 Å². The molecule has 0 N–H and O–H groups in total. The minimum atomic E-state index is -4.75. The number of carbonyl (C=O) groups is 6. The molecular formula is C94H68F13N9O21S3. The van der Waals surface area contributed by atoms with Crippen LogP contribution in [0.1, 0.15) is 104 Å². The maximum atomic E-state index is 16.0. The van der Waals surface area contributed by atoms with E-state index >= 15 is 22.0 Å². The van der Waals surface area contributed by atoms with Crippen LogP contribution in [0.3, 0.4) is 0 Å². The molecule has 30 nitrogen and oxygen atoms in total. The first kappa shape index (κ1) is 92.9. The predicted molar refractivity (Wildman–Crippen MR) is 469 cm³/mol. The van der Waals surface area contributed by atoms with E-state index in [0.717, 1.165) is 79.8 Å². The summed E-state index contributed by atoms with van der Waals surface area (Å²) in [7, 11) is 3.25. The average Bonchev–Trinajstić information content (AvgIpc) is 1.49. The van der Waals surface area contributed by atoms with Gasteiger partial charge >= 0.3 is 30.8 Å². The van der Waals surface area contributed by atoms with Crippen LogP contribution in [0.2, 0.25) is 0 Å². The quantitative estimate of drug-likeness (QED) is 0.0475. The number of aromatic nitrogens is 3. The van der Waals surface area contributed by atoms with Gasteiger partial charge in [0.15, 0.2) is 40.4 Å². The number of methoxy groups -OCH3 is 3. The highest BCUT2D eigenvalue weighted by atomic mass is 32.1. The smallest absolute Gasteiger partial charge is 0.451 e. The third kappa shape index (κ3) is 15.5. The topological polar surface area (TPSA) is 299 Å². The van der Waals surface area contributed by atoms with Crippen molar-refractivity contribution in [1.29, 1.82) is 0 Å². The Morgan fingerprint density at radius 1 is 0.414 bits per heavy atom. The maximum absolute atomic E-state index is 16.0. The lowest BCUT2D eigenvalue weighted by Crippen LogP contribution is -2.66. The second kappa shape index (κ2) is 35.9. The summed E-state index contributed by atoms with van der Waals surface area (Å²) in [6.07, 6.45) is -11.9. The van der Waals surface area contributed by atoms with Crippen molar-refractivity contribution in [1.82, 2.24) is 28.7 Å². The highest BCUT2D eigenvalue weighted by Gasteiger charge is 2.55. The van der Waals surface area contributed by atoms with Crippen LogP contribution in [0.4, 0.5) is 71.5 Å². The number of carbonyl (C=O) groups excluding carboxylic acids is 6. The van der Waals surface area contributed by atoms with Crippen LogP contribution in [0.25, 0.3) is 64.7 Å². The molecule has 46 heteroatoms. The molecule has 6 atom stereocenters. The molecule has 12 aromatic rings. The van der Waals surface area contributed by atoms with Crippen LogP contribution in [0, 0.1) is 29.1 Å². The third-order valence-corrected chi connectivity index (χ3v) is 28.7. The summed E-state index contributed by atoms with van der Waals surface area (Å²) >= 11 is 2.15. The van der Waals surface area contributed by atoms with Crippen molar-refractivity contribution in [2.45, 2.75) is 61.3 Å². The summed E-state index contributed by atoms with van der Waals surface area (Å²) < 4.78 is 259. The minimum absolute atomic E-state index is 0.0450. The van der Waals surface area contributed by atoms with E-state index < -0.39 is 190 Å². The maximum Gasteiger partial charge on any atom is 0.510 e. The molecular weight excluding hydrogens is 1930 g/mol. The number of pyridine rings is 3. The zero-order valence-electron chi connectivity index (χ0n) is 72.5. The Morgan fingerprint density at radius 2 is 0.750 bits per heavy atom. The lowest BCUT2D eigenvalue weighted by atomic mass is 9.80. The van der Waals surface area contributed by atoms with Crippen molar-refractivity contribution in [3.8, 4) is 82.0 Å². The molecule has 6 aliphatic heterocycles. The van der Waals surface area contributed by atoms with E-state index in [0.29, 0.717) is 61.6 Å². The molecule has 10 aliphatic rings. The number of benzene rings is 6. The summed E-state index contributed by atoms with van der Waals surface area (Å²) in [6, 6.07) is 29.5. The van der Waals surface area contributed by atoms with E-state index in [1.165, 1.54) is 82.9 Å². The number of halogens is 13. The predicted octanol–water partition coefficient (Wildman–Crippen LogP) is 16.0. The summed E-state index contributed by atoms with van der Waals surface area (Å²) in [5.74, 6) is -12.8. The number of hydrogen-bond donors (Lipinski definition) is 0. The van der Waals surface area contributed by atoms with Gasteiger partial charge in [-0.15, -0.1) is 34.0 Å². The Balaban J connectivity index is 0.000000129. The monoisotopic (exact) mass is 2000 g/mol. The number of amides is 3. The van der Waals surface area contributed by atoms with Crippen LogP contribution in [-0.2, 0) is 67.3 Å². The van der Waals surface area contributed by atoms with E-state index in [-0.39, 0.29) is 131 Å². The van der Waals surface area contributed by atoms with E-state index in [2.05, 4.69) is 14.2 Å². The number of rotatable bonds is 12. The second-order valence-electron chi connectivity index (χ2n) is 32.5. The molecule has 0 radical (unpaired) electrons. The first-order valence-electron chi connectivity index (χ1n) is 42.5. The highest BCUT2D eigenvalue weighted by Crippen LogP contribution is 2.61. The highest BCUT2D eigenvalue weighted by molar-refractivity contribution is 7.16. The zero-order chi connectivity index (χ0) is 98.3. The van der Waals surface area contributed by atoms with Gasteiger partial charge in [0.25, 0.3) is 23.6 Å². The van der Waals surface area contributed by atoms with Crippen molar-refractivity contribution >= 4 is 70.2 Å². The Hall–Kier alpha value is -14.7. The lowest BCUT2D eigenvalue weighted by molar-refractivity contribution is -0.135. The second-order valence-corrected chi connectivity index (χ2v) is 35.5. The number of alkyl halides is 8. The number of thiophene rings is 3. The molecule has 0 spiro atoms. The van der Waals surface area contributed by atoms with Gasteiger partial charge in [0.1, 0.15) is 34.1 Å². The van der Waals surface area contributed by atoms with E-state index in [9.17, 15) is 78.3 Å². The molecule has 4 aliphatic carbocycles.